The van der Waals surface area contributed by atoms with Crippen molar-refractivity contribution in [1.82, 2.24) is 4.90 Å². The number of rotatable bonds is 6. The molecule has 1 aliphatic rings. The van der Waals surface area contributed by atoms with E-state index < -0.39 is 6.04 Å². The Bertz CT molecular complexity index is 601. The SMILES string of the molecule is CCOC(=O)C1CC(C)N(C(=O)CN(CC)CC)c2ccccc2N1. The molecule has 0 bridgehead atoms. The summed E-state index contributed by atoms with van der Waals surface area (Å²) < 4.78 is 5.18. The lowest BCUT2D eigenvalue weighted by atomic mass is 10.1. The molecule has 6 nitrogen and oxygen atoms in total. The summed E-state index contributed by atoms with van der Waals surface area (Å²) >= 11 is 0. The number of anilines is 2. The molecular weight excluding hydrogens is 318 g/mol. The van der Waals surface area contributed by atoms with Crippen molar-refractivity contribution in [2.24, 2.45) is 0 Å². The molecule has 25 heavy (non-hydrogen) atoms. The Balaban J connectivity index is 2.31. The van der Waals surface area contributed by atoms with Crippen LogP contribution in [0.15, 0.2) is 24.3 Å². The van der Waals surface area contributed by atoms with Crippen molar-refractivity contribution < 1.29 is 14.3 Å². The van der Waals surface area contributed by atoms with Crippen LogP contribution in [-0.4, -0.2) is 55.1 Å². The lowest BCUT2D eigenvalue weighted by Crippen LogP contribution is -2.46. The molecule has 138 valence electrons. The number of benzene rings is 1. The van der Waals surface area contributed by atoms with Gasteiger partial charge in [0.05, 0.1) is 24.5 Å². The Morgan fingerprint density at radius 1 is 1.24 bits per heavy atom. The van der Waals surface area contributed by atoms with Gasteiger partial charge in [-0.3, -0.25) is 9.69 Å². The van der Waals surface area contributed by atoms with Crippen LogP contribution in [-0.2, 0) is 14.3 Å². The van der Waals surface area contributed by atoms with Crippen molar-refractivity contribution in [1.29, 1.82) is 0 Å². The van der Waals surface area contributed by atoms with E-state index >= 15 is 0 Å². The average Bonchev–Trinajstić information content (AvgIpc) is 2.75. The van der Waals surface area contributed by atoms with Crippen molar-refractivity contribution in [2.75, 3.05) is 36.5 Å². The fourth-order valence-corrected chi connectivity index (χ4v) is 3.23. The summed E-state index contributed by atoms with van der Waals surface area (Å²) in [6.07, 6.45) is 0.511. The second-order valence-corrected chi connectivity index (χ2v) is 6.28. The van der Waals surface area contributed by atoms with E-state index in [9.17, 15) is 9.59 Å². The summed E-state index contributed by atoms with van der Waals surface area (Å²) in [6, 6.07) is 7.08. The van der Waals surface area contributed by atoms with Gasteiger partial charge in [-0.1, -0.05) is 26.0 Å². The molecule has 0 saturated carbocycles. The first kappa shape index (κ1) is 19.2. The van der Waals surface area contributed by atoms with E-state index in [1.807, 2.05) is 36.1 Å². The number of nitrogens with zero attached hydrogens (tertiary/aromatic N) is 2. The van der Waals surface area contributed by atoms with Gasteiger partial charge >= 0.3 is 5.97 Å². The summed E-state index contributed by atoms with van der Waals surface area (Å²) in [4.78, 5) is 29.2. The quantitative estimate of drug-likeness (QED) is 0.801. The standard InChI is InChI=1S/C19H29N3O3/c1-5-21(6-2)13-18(23)22-14(4)12-16(19(24)25-7-3)20-15-10-8-9-11-17(15)22/h8-11,14,16,20H,5-7,12-13H2,1-4H3. The molecular formula is C19H29N3O3. The van der Waals surface area contributed by atoms with Crippen molar-refractivity contribution in [3.05, 3.63) is 24.3 Å². The van der Waals surface area contributed by atoms with Crippen molar-refractivity contribution in [3.63, 3.8) is 0 Å². The van der Waals surface area contributed by atoms with Gasteiger partial charge in [-0.15, -0.1) is 0 Å². The molecule has 0 saturated heterocycles. The lowest BCUT2D eigenvalue weighted by Gasteiger charge is -2.30. The molecule has 1 N–H and O–H groups in total. The molecule has 1 aromatic carbocycles. The Morgan fingerprint density at radius 3 is 2.56 bits per heavy atom. The van der Waals surface area contributed by atoms with E-state index in [0.717, 1.165) is 24.5 Å². The third-order valence-electron chi connectivity index (χ3n) is 4.60. The monoisotopic (exact) mass is 347 g/mol. The van der Waals surface area contributed by atoms with Crippen LogP contribution < -0.4 is 10.2 Å². The van der Waals surface area contributed by atoms with Crippen LogP contribution in [0.25, 0.3) is 0 Å². The van der Waals surface area contributed by atoms with E-state index in [1.54, 1.807) is 6.92 Å². The molecule has 1 aromatic rings. The fraction of sp³-hybridized carbons (Fsp3) is 0.579. The van der Waals surface area contributed by atoms with Crippen LogP contribution in [0.3, 0.4) is 0 Å². The molecule has 6 heteroatoms. The largest absolute Gasteiger partial charge is 0.464 e. The number of carbonyl (C=O) groups excluding carboxylic acids is 2. The maximum Gasteiger partial charge on any atom is 0.328 e. The van der Waals surface area contributed by atoms with Gasteiger partial charge in [0.2, 0.25) is 5.91 Å². The molecule has 2 rings (SSSR count). The highest BCUT2D eigenvalue weighted by atomic mass is 16.5. The first-order valence-electron chi connectivity index (χ1n) is 9.08. The highest BCUT2D eigenvalue weighted by molar-refractivity contribution is 5.99. The van der Waals surface area contributed by atoms with Gasteiger partial charge in [-0.25, -0.2) is 4.79 Å². The zero-order chi connectivity index (χ0) is 18.4. The first-order valence-corrected chi connectivity index (χ1v) is 9.08. The summed E-state index contributed by atoms with van der Waals surface area (Å²) in [5.41, 5.74) is 1.61. The van der Waals surface area contributed by atoms with Crippen LogP contribution in [0.5, 0.6) is 0 Å². The van der Waals surface area contributed by atoms with Crippen molar-refractivity contribution in [2.45, 2.75) is 46.2 Å². The zero-order valence-electron chi connectivity index (χ0n) is 15.6. The molecule has 1 aliphatic heterocycles. The minimum Gasteiger partial charge on any atom is -0.464 e. The van der Waals surface area contributed by atoms with Gasteiger partial charge in [-0.2, -0.15) is 0 Å². The second kappa shape index (κ2) is 8.85. The maximum absolute atomic E-state index is 13.0. The third-order valence-corrected chi connectivity index (χ3v) is 4.60. The molecule has 0 aromatic heterocycles. The van der Waals surface area contributed by atoms with Crippen LogP contribution >= 0.6 is 0 Å². The van der Waals surface area contributed by atoms with Gasteiger partial charge in [0.15, 0.2) is 0 Å². The Hall–Kier alpha value is -2.08. The summed E-state index contributed by atoms with van der Waals surface area (Å²) in [7, 11) is 0. The Labute approximate surface area is 150 Å². The summed E-state index contributed by atoms with van der Waals surface area (Å²) in [6.45, 7) is 10.3. The molecule has 1 heterocycles. The zero-order valence-corrected chi connectivity index (χ0v) is 15.6. The smallest absolute Gasteiger partial charge is 0.328 e. The number of hydrogen-bond acceptors (Lipinski definition) is 5. The van der Waals surface area contributed by atoms with E-state index in [-0.39, 0.29) is 17.9 Å². The molecule has 0 spiro atoms. The van der Waals surface area contributed by atoms with Gasteiger partial charge in [0.1, 0.15) is 6.04 Å². The third kappa shape index (κ3) is 4.51. The number of para-hydroxylation sites is 2. The highest BCUT2D eigenvalue weighted by Gasteiger charge is 2.33. The number of ether oxygens (including phenoxy) is 1. The average molecular weight is 347 g/mol. The van der Waals surface area contributed by atoms with Gasteiger partial charge in [-0.05, 0) is 45.5 Å². The number of likely N-dealkylation sites (N-methyl/N-ethyl adjacent to an activating group) is 1. The predicted octanol–water partition coefficient (Wildman–Crippen LogP) is 2.50. The Kier molecular flexibility index (Phi) is 6.82. The molecule has 0 aliphatic carbocycles. The van der Waals surface area contributed by atoms with E-state index in [4.69, 9.17) is 4.74 Å². The number of amides is 1. The number of nitrogens with one attached hydrogen (secondary N) is 1. The van der Waals surface area contributed by atoms with E-state index in [0.29, 0.717) is 19.6 Å². The van der Waals surface area contributed by atoms with Crippen molar-refractivity contribution >= 4 is 23.3 Å². The topological polar surface area (TPSA) is 61.9 Å². The molecule has 2 unspecified atom stereocenters. The second-order valence-electron chi connectivity index (χ2n) is 6.28. The van der Waals surface area contributed by atoms with E-state index in [2.05, 4.69) is 24.1 Å². The molecule has 1 amide bonds. The van der Waals surface area contributed by atoms with Crippen LogP contribution in [0.1, 0.15) is 34.1 Å². The number of hydrogen-bond donors (Lipinski definition) is 1. The van der Waals surface area contributed by atoms with Crippen molar-refractivity contribution in [3.8, 4) is 0 Å². The van der Waals surface area contributed by atoms with Gasteiger partial charge < -0.3 is 15.0 Å². The number of fused-ring (bicyclic) bond motifs is 1. The fourth-order valence-electron chi connectivity index (χ4n) is 3.23. The molecule has 2 atom stereocenters. The molecule has 0 fully saturated rings. The van der Waals surface area contributed by atoms with E-state index in [1.165, 1.54) is 0 Å². The Morgan fingerprint density at radius 2 is 1.92 bits per heavy atom. The highest BCUT2D eigenvalue weighted by Crippen LogP contribution is 2.33. The van der Waals surface area contributed by atoms with Crippen LogP contribution in [0, 0.1) is 0 Å². The summed E-state index contributed by atoms with van der Waals surface area (Å²) in [5, 5.41) is 3.26. The lowest BCUT2D eigenvalue weighted by molar-refractivity contribution is -0.144. The van der Waals surface area contributed by atoms with Crippen LogP contribution in [0.2, 0.25) is 0 Å². The number of carbonyl (C=O) groups is 2. The van der Waals surface area contributed by atoms with Crippen LogP contribution in [0.4, 0.5) is 11.4 Å². The maximum atomic E-state index is 13.0. The number of esters is 1. The van der Waals surface area contributed by atoms with Gasteiger partial charge in [0, 0.05) is 6.04 Å². The molecule has 0 radical (unpaired) electrons. The predicted molar refractivity (Wildman–Crippen MR) is 99.8 cm³/mol. The normalized spacial score (nSPS) is 19.8. The first-order chi connectivity index (χ1) is 12.0. The van der Waals surface area contributed by atoms with Gasteiger partial charge in [0.25, 0.3) is 0 Å². The summed E-state index contributed by atoms with van der Waals surface area (Å²) in [5.74, 6) is -0.225. The minimum atomic E-state index is -0.456. The minimum absolute atomic E-state index is 0.0509.